The van der Waals surface area contributed by atoms with Gasteiger partial charge in [-0.3, -0.25) is 9.36 Å². The molecular weight excluding hydrogens is 538 g/mol. The van der Waals surface area contributed by atoms with Gasteiger partial charge in [0.15, 0.2) is 17.5 Å². The van der Waals surface area contributed by atoms with Crippen LogP contribution in [0.25, 0.3) is 11.2 Å². The van der Waals surface area contributed by atoms with Crippen LogP contribution in [0, 0.1) is 0 Å². The van der Waals surface area contributed by atoms with E-state index in [2.05, 4.69) is 20.0 Å². The first-order valence-electron chi connectivity index (χ1n) is 11.8. The van der Waals surface area contributed by atoms with Crippen LogP contribution in [0.2, 0.25) is 0 Å². The number of hydrogen-bond acceptors (Lipinski definition) is 11. The highest BCUT2D eigenvalue weighted by molar-refractivity contribution is 8.09. The fourth-order valence-electron chi connectivity index (χ4n) is 3.87. The Labute approximate surface area is 223 Å². The molecule has 0 bridgehead atoms. The van der Waals surface area contributed by atoms with E-state index in [-0.39, 0.29) is 24.3 Å². The lowest BCUT2D eigenvalue weighted by molar-refractivity contribution is -0.149. The zero-order chi connectivity index (χ0) is 27.7. The van der Waals surface area contributed by atoms with Crippen molar-refractivity contribution in [3.8, 4) is 5.75 Å². The molecule has 206 valence electrons. The van der Waals surface area contributed by atoms with Crippen molar-refractivity contribution in [2.45, 2.75) is 63.9 Å². The molecule has 3 aromatic rings. The normalized spacial score (nSPS) is 25.8. The Morgan fingerprint density at radius 1 is 1.34 bits per heavy atom. The Hall–Kier alpha value is -2.74. The van der Waals surface area contributed by atoms with Gasteiger partial charge >= 0.3 is 12.6 Å². The number of nitrogens with two attached hydrogens (primary N) is 1. The number of nitrogens with zero attached hydrogens (tertiary/aromatic N) is 4. The summed E-state index contributed by atoms with van der Waals surface area (Å²) in [5.74, 6) is -0.166. The molecule has 4 N–H and O–H groups in total. The molecule has 0 amide bonds. The number of alkyl halides is 1. The lowest BCUT2D eigenvalue weighted by Crippen LogP contribution is -2.41. The van der Waals surface area contributed by atoms with Crippen molar-refractivity contribution in [2.75, 3.05) is 12.3 Å². The number of fused-ring (bicyclic) bond motifs is 1. The second-order valence-corrected chi connectivity index (χ2v) is 12.4. The molecule has 0 aliphatic carbocycles. The molecular formula is C23H30FN6O6PS. The Morgan fingerprint density at radius 2 is 2.05 bits per heavy atom. The summed E-state index contributed by atoms with van der Waals surface area (Å²) in [6.45, 7) is 2.45. The zero-order valence-electron chi connectivity index (χ0n) is 21.2. The predicted octanol–water partition coefficient (Wildman–Crippen LogP) is 2.64. The van der Waals surface area contributed by atoms with E-state index in [0.29, 0.717) is 11.3 Å². The van der Waals surface area contributed by atoms with Gasteiger partial charge in [0.1, 0.15) is 29.5 Å². The molecule has 4 rings (SSSR count). The van der Waals surface area contributed by atoms with Crippen molar-refractivity contribution in [1.82, 2.24) is 24.6 Å². The number of benzene rings is 1. The maximum Gasteiger partial charge on any atom is 0.323 e. The van der Waals surface area contributed by atoms with Crippen molar-refractivity contribution in [3.63, 3.8) is 0 Å². The number of hydrogen-bond donors (Lipinski definition) is 3. The molecule has 15 heteroatoms. The van der Waals surface area contributed by atoms with Crippen molar-refractivity contribution < 1.29 is 32.8 Å². The first-order valence-corrected chi connectivity index (χ1v) is 14.5. The maximum absolute atomic E-state index is 15.8. The van der Waals surface area contributed by atoms with Crippen LogP contribution in [0.5, 0.6) is 5.75 Å². The minimum atomic E-state index is -3.43. The summed E-state index contributed by atoms with van der Waals surface area (Å²) in [5.41, 5.74) is 4.06. The molecule has 2 aromatic heterocycles. The smallest absolute Gasteiger partial charge is 0.323 e. The highest BCUT2D eigenvalue weighted by Gasteiger charge is 2.55. The van der Waals surface area contributed by atoms with E-state index in [9.17, 15) is 9.90 Å². The van der Waals surface area contributed by atoms with Crippen LogP contribution in [-0.2, 0) is 30.6 Å². The maximum atomic E-state index is 15.8. The van der Waals surface area contributed by atoms with Crippen LogP contribution >= 0.6 is 6.64 Å². The number of carbonyl (C=O) groups is 1. The van der Waals surface area contributed by atoms with Crippen molar-refractivity contribution in [1.29, 1.82) is 0 Å². The third-order valence-electron chi connectivity index (χ3n) is 5.74. The lowest BCUT2D eigenvalue weighted by Gasteiger charge is -2.28. The molecule has 0 spiro atoms. The number of nitrogen functional groups attached to an aromatic ring is 1. The number of carbonyl (C=O) groups excluding carboxylic acids is 1. The fourth-order valence-corrected chi connectivity index (χ4v) is 6.29. The van der Waals surface area contributed by atoms with E-state index >= 15 is 4.39 Å². The minimum absolute atomic E-state index is 0.0202. The molecule has 12 nitrogen and oxygen atoms in total. The number of imidazole rings is 1. The van der Waals surface area contributed by atoms with Crippen LogP contribution in [-0.4, -0.2) is 67.2 Å². The number of anilines is 1. The van der Waals surface area contributed by atoms with E-state index in [0.717, 1.165) is 0 Å². The minimum Gasteiger partial charge on any atom is -0.462 e. The highest BCUT2D eigenvalue weighted by atomic mass is 32.5. The fraction of sp³-hybridized carbons (Fsp3) is 0.478. The summed E-state index contributed by atoms with van der Waals surface area (Å²) in [7, 11) is 0. The third-order valence-corrected chi connectivity index (χ3v) is 8.24. The summed E-state index contributed by atoms with van der Waals surface area (Å²) in [5, 5.41) is 13.7. The van der Waals surface area contributed by atoms with Crippen LogP contribution in [0.3, 0.4) is 0 Å². The van der Waals surface area contributed by atoms with E-state index in [1.165, 1.54) is 24.0 Å². The first kappa shape index (κ1) is 28.3. The van der Waals surface area contributed by atoms with Gasteiger partial charge in [0.25, 0.3) is 0 Å². The number of rotatable bonds is 10. The Morgan fingerprint density at radius 3 is 2.74 bits per heavy atom. The number of para-hydroxylation sites is 1. The van der Waals surface area contributed by atoms with Gasteiger partial charge in [-0.1, -0.05) is 18.2 Å². The van der Waals surface area contributed by atoms with Gasteiger partial charge in [-0.05, 0) is 51.6 Å². The lowest BCUT2D eigenvalue weighted by atomic mass is 9.98. The van der Waals surface area contributed by atoms with Gasteiger partial charge < -0.3 is 29.4 Å². The molecule has 3 heterocycles. The third kappa shape index (κ3) is 6.11. The quantitative estimate of drug-likeness (QED) is 0.243. The van der Waals surface area contributed by atoms with Crippen LogP contribution in [0.4, 0.5) is 10.3 Å². The van der Waals surface area contributed by atoms with Crippen LogP contribution in [0.1, 0.15) is 33.9 Å². The van der Waals surface area contributed by atoms with Crippen molar-refractivity contribution in [3.05, 3.63) is 42.9 Å². The van der Waals surface area contributed by atoms with E-state index < -0.39 is 42.8 Å². The number of aliphatic hydroxyl groups is 1. The highest BCUT2D eigenvalue weighted by Crippen LogP contribution is 2.48. The molecule has 3 unspecified atom stereocenters. The van der Waals surface area contributed by atoms with Gasteiger partial charge in [0, 0.05) is 0 Å². The average molecular weight is 569 g/mol. The molecule has 1 aromatic carbocycles. The summed E-state index contributed by atoms with van der Waals surface area (Å²) >= 11 is 5.68. The number of halogens is 1. The van der Waals surface area contributed by atoms with Crippen molar-refractivity contribution in [2.24, 2.45) is 0 Å². The largest absolute Gasteiger partial charge is 0.462 e. The second-order valence-electron chi connectivity index (χ2n) is 9.25. The number of aromatic nitrogens is 4. The number of ether oxygens (including phenoxy) is 2. The number of nitrogens with one attached hydrogen (secondary N) is 1. The molecule has 0 saturated carbocycles. The molecule has 0 radical (unpaired) electrons. The molecule has 1 aliphatic rings. The van der Waals surface area contributed by atoms with Gasteiger partial charge in [0.2, 0.25) is 5.95 Å². The summed E-state index contributed by atoms with van der Waals surface area (Å²) < 4.78 is 40.2. The molecule has 1 aliphatic heterocycles. The van der Waals surface area contributed by atoms with Gasteiger partial charge in [0.05, 0.1) is 25.2 Å². The summed E-state index contributed by atoms with van der Waals surface area (Å²) in [6, 6.07) is 7.78. The predicted molar refractivity (Wildman–Crippen MR) is 140 cm³/mol. The van der Waals surface area contributed by atoms with E-state index in [1.54, 1.807) is 51.1 Å². The van der Waals surface area contributed by atoms with Crippen molar-refractivity contribution >= 4 is 41.5 Å². The molecule has 1 fully saturated rings. The van der Waals surface area contributed by atoms with E-state index in [1.807, 2.05) is 0 Å². The van der Waals surface area contributed by atoms with E-state index in [4.69, 9.17) is 36.1 Å². The monoisotopic (exact) mass is 568 g/mol. The van der Waals surface area contributed by atoms with Gasteiger partial charge in [-0.2, -0.15) is 4.98 Å². The van der Waals surface area contributed by atoms with Crippen LogP contribution in [0.15, 0.2) is 42.9 Å². The average Bonchev–Trinajstić information content (AvgIpc) is 3.35. The summed E-state index contributed by atoms with van der Waals surface area (Å²) in [6.07, 6.45) is -1.64. The standard InChI is InChI=1S/C23H30FN6O6PS/c1-13(2)34-20(32)14(3)29-37(38,36-15-8-6-5-7-9-15)33-11-17-18(31)23(4,24)21(35-17)30-12-27-16-10-26-22(25)28-19(16)30/h5-10,12-14,17-18,21,31H,11H2,1-4H3,(H,29,38)(H2,25,26,28)/t14?,17-,18-,21?,23-,37?/m1/s1. The summed E-state index contributed by atoms with van der Waals surface area (Å²) in [4.78, 5) is 24.6. The van der Waals surface area contributed by atoms with Gasteiger partial charge in [-0.15, -0.1) is 0 Å². The Bertz CT molecular complexity index is 1330. The van der Waals surface area contributed by atoms with Gasteiger partial charge in [-0.25, -0.2) is 19.4 Å². The SMILES string of the molecule is CC(C)OC(=O)C(C)NP(=S)(OC[C@H]1OC(n2cnc3cnc(N)nc32)[C@](C)(F)[C@@H]1O)Oc1ccccc1. The topological polar surface area (TPSA) is 156 Å². The molecule has 38 heavy (non-hydrogen) atoms. The first-order chi connectivity index (χ1) is 17.9. The Balaban J connectivity index is 1.54. The van der Waals surface area contributed by atoms with Crippen LogP contribution < -0.4 is 15.3 Å². The number of esters is 1. The second kappa shape index (κ2) is 11.2. The zero-order valence-corrected chi connectivity index (χ0v) is 22.9. The molecule has 6 atom stereocenters. The Kier molecular flexibility index (Phi) is 8.31. The molecule has 1 saturated heterocycles. The number of aliphatic hydroxyl groups excluding tert-OH is 1.